The molecule has 4 rings (SSSR count). The molecule has 0 unspecified atom stereocenters. The smallest absolute Gasteiger partial charge is 0.190 e. The highest BCUT2D eigenvalue weighted by atomic mass is 32.2. The first-order chi connectivity index (χ1) is 12.0. The Hall–Kier alpha value is -1.03. The molecule has 5 atom stereocenters. The van der Waals surface area contributed by atoms with Gasteiger partial charge in [-0.3, -0.25) is 0 Å². The highest BCUT2D eigenvalue weighted by Crippen LogP contribution is 2.48. The van der Waals surface area contributed by atoms with Crippen molar-refractivity contribution in [2.24, 2.45) is 0 Å². The number of hydrogen-bond acceptors (Lipinski definition) is 7. The van der Waals surface area contributed by atoms with E-state index in [9.17, 15) is 8.42 Å². The monoisotopic (exact) mass is 384 g/mol. The third-order valence-electron chi connectivity index (χ3n) is 4.79. The van der Waals surface area contributed by atoms with Crippen molar-refractivity contribution in [1.82, 2.24) is 0 Å². The SMILES string of the molecule is CC1(C)O[C@H]2[C@@H](O1)[C@@H](c1ccc(S(C)(=O)=O)cc1)O[C@@H]1OC(C)(C)O[C@@H]12. The maximum atomic E-state index is 11.7. The van der Waals surface area contributed by atoms with Crippen LogP contribution in [0.2, 0.25) is 0 Å². The van der Waals surface area contributed by atoms with Crippen molar-refractivity contribution in [3.63, 3.8) is 0 Å². The van der Waals surface area contributed by atoms with E-state index in [2.05, 4.69) is 0 Å². The minimum atomic E-state index is -3.26. The van der Waals surface area contributed by atoms with Crippen molar-refractivity contribution in [3.05, 3.63) is 29.8 Å². The molecule has 26 heavy (non-hydrogen) atoms. The summed E-state index contributed by atoms with van der Waals surface area (Å²) in [5.41, 5.74) is 0.806. The van der Waals surface area contributed by atoms with E-state index in [1.807, 2.05) is 27.7 Å². The van der Waals surface area contributed by atoms with Crippen molar-refractivity contribution in [2.45, 2.75) is 74.9 Å². The summed E-state index contributed by atoms with van der Waals surface area (Å²) in [5, 5.41) is 0. The number of fused-ring (bicyclic) bond motifs is 3. The molecule has 1 aromatic carbocycles. The summed E-state index contributed by atoms with van der Waals surface area (Å²) in [6, 6.07) is 6.64. The van der Waals surface area contributed by atoms with Crippen LogP contribution in [0.3, 0.4) is 0 Å². The summed E-state index contributed by atoms with van der Waals surface area (Å²) in [5.74, 6) is -1.54. The van der Waals surface area contributed by atoms with Crippen LogP contribution in [-0.2, 0) is 33.5 Å². The fourth-order valence-corrected chi connectivity index (χ4v) is 4.42. The molecule has 0 radical (unpaired) electrons. The van der Waals surface area contributed by atoms with Gasteiger partial charge in [-0.1, -0.05) is 12.1 Å². The van der Waals surface area contributed by atoms with E-state index in [1.165, 1.54) is 6.26 Å². The summed E-state index contributed by atoms with van der Waals surface area (Å²) in [7, 11) is -3.26. The molecule has 3 heterocycles. The molecule has 1 aromatic rings. The molecule has 144 valence electrons. The maximum Gasteiger partial charge on any atom is 0.190 e. The van der Waals surface area contributed by atoms with Crippen molar-refractivity contribution < 1.29 is 32.1 Å². The maximum absolute atomic E-state index is 11.7. The Morgan fingerprint density at radius 3 is 1.96 bits per heavy atom. The topological polar surface area (TPSA) is 80.3 Å². The molecule has 3 aliphatic rings. The van der Waals surface area contributed by atoms with Crippen molar-refractivity contribution in [1.29, 1.82) is 0 Å². The zero-order chi connectivity index (χ0) is 18.9. The second-order valence-corrected chi connectivity index (χ2v) is 9.95. The van der Waals surface area contributed by atoms with Crippen LogP contribution >= 0.6 is 0 Å². The van der Waals surface area contributed by atoms with Crippen LogP contribution < -0.4 is 0 Å². The van der Waals surface area contributed by atoms with Gasteiger partial charge in [0.25, 0.3) is 0 Å². The van der Waals surface area contributed by atoms with E-state index < -0.39 is 33.8 Å². The molecule has 0 saturated carbocycles. The molecule has 0 N–H and O–H groups in total. The molecule has 0 spiro atoms. The zero-order valence-corrected chi connectivity index (χ0v) is 16.3. The lowest BCUT2D eigenvalue weighted by atomic mass is 9.94. The first kappa shape index (κ1) is 18.3. The molecular weight excluding hydrogens is 360 g/mol. The molecule has 3 saturated heterocycles. The molecule has 3 fully saturated rings. The van der Waals surface area contributed by atoms with Crippen LogP contribution in [-0.4, -0.2) is 50.8 Å². The van der Waals surface area contributed by atoms with Gasteiger partial charge in [-0.15, -0.1) is 0 Å². The number of hydrogen-bond donors (Lipinski definition) is 0. The summed E-state index contributed by atoms with van der Waals surface area (Å²) in [4.78, 5) is 0.261. The van der Waals surface area contributed by atoms with Gasteiger partial charge < -0.3 is 23.7 Å². The first-order valence-corrected chi connectivity index (χ1v) is 10.5. The minimum absolute atomic E-state index is 0.261. The molecule has 0 aromatic heterocycles. The highest BCUT2D eigenvalue weighted by Gasteiger charge is 2.60. The summed E-state index contributed by atoms with van der Waals surface area (Å²) in [6.45, 7) is 7.37. The average Bonchev–Trinajstić information content (AvgIpc) is 2.99. The highest BCUT2D eigenvalue weighted by molar-refractivity contribution is 7.90. The standard InChI is InChI=1S/C18H24O7S/c1-17(2)22-13-12(10-6-8-11(9-7-10)26(5,19)20)21-16-15(14(13)23-17)24-18(3,4)25-16/h6-9,12-16H,1-5H3/t12-,13+,14+,15-,16-/m1/s1. The first-order valence-electron chi connectivity index (χ1n) is 8.62. The van der Waals surface area contributed by atoms with Gasteiger partial charge in [0, 0.05) is 6.26 Å². The number of sulfone groups is 1. The van der Waals surface area contributed by atoms with E-state index in [1.54, 1.807) is 24.3 Å². The third-order valence-corrected chi connectivity index (χ3v) is 5.92. The van der Waals surface area contributed by atoms with Gasteiger partial charge in [-0.2, -0.15) is 0 Å². The van der Waals surface area contributed by atoms with Crippen LogP contribution in [0.1, 0.15) is 39.4 Å². The Morgan fingerprint density at radius 2 is 1.35 bits per heavy atom. The number of benzene rings is 1. The van der Waals surface area contributed by atoms with E-state index in [0.29, 0.717) is 0 Å². The van der Waals surface area contributed by atoms with Crippen LogP contribution in [0.25, 0.3) is 0 Å². The Kier molecular flexibility index (Phi) is 4.04. The van der Waals surface area contributed by atoms with E-state index in [0.717, 1.165) is 5.56 Å². The Labute approximate surface area is 153 Å². The van der Waals surface area contributed by atoms with Crippen LogP contribution in [0.5, 0.6) is 0 Å². The van der Waals surface area contributed by atoms with Gasteiger partial charge in [-0.05, 0) is 45.4 Å². The van der Waals surface area contributed by atoms with Crippen LogP contribution in [0.15, 0.2) is 29.2 Å². The molecule has 7 nitrogen and oxygen atoms in total. The van der Waals surface area contributed by atoms with Gasteiger partial charge >= 0.3 is 0 Å². The predicted octanol–water partition coefficient (Wildman–Crippen LogP) is 2.16. The number of ether oxygens (including phenoxy) is 5. The second kappa shape index (κ2) is 5.73. The summed E-state index contributed by atoms with van der Waals surface area (Å²) in [6.07, 6.45) is -0.958. The minimum Gasteiger partial charge on any atom is -0.342 e. The Balaban J connectivity index is 1.68. The van der Waals surface area contributed by atoms with Gasteiger partial charge in [0.05, 0.1) is 4.90 Å². The van der Waals surface area contributed by atoms with Crippen LogP contribution in [0, 0.1) is 0 Å². The molecule has 0 amide bonds. The van der Waals surface area contributed by atoms with Gasteiger partial charge in [0.2, 0.25) is 0 Å². The zero-order valence-electron chi connectivity index (χ0n) is 15.5. The van der Waals surface area contributed by atoms with Crippen molar-refractivity contribution in [3.8, 4) is 0 Å². The van der Waals surface area contributed by atoms with E-state index in [-0.39, 0.29) is 23.2 Å². The lowest BCUT2D eigenvalue weighted by molar-refractivity contribution is -0.236. The predicted molar refractivity (Wildman–Crippen MR) is 91.0 cm³/mol. The van der Waals surface area contributed by atoms with E-state index in [4.69, 9.17) is 23.7 Å². The van der Waals surface area contributed by atoms with Crippen molar-refractivity contribution in [2.75, 3.05) is 6.26 Å². The molecule has 3 aliphatic heterocycles. The third kappa shape index (κ3) is 3.19. The lowest BCUT2D eigenvalue weighted by Crippen LogP contribution is -2.51. The Bertz CT molecular complexity index is 799. The fraction of sp³-hybridized carbons (Fsp3) is 0.667. The fourth-order valence-electron chi connectivity index (χ4n) is 3.79. The largest absolute Gasteiger partial charge is 0.342 e. The molecular formula is C18H24O7S. The van der Waals surface area contributed by atoms with Gasteiger partial charge in [0.1, 0.15) is 24.4 Å². The van der Waals surface area contributed by atoms with Gasteiger partial charge in [-0.25, -0.2) is 8.42 Å². The van der Waals surface area contributed by atoms with E-state index >= 15 is 0 Å². The Morgan fingerprint density at radius 1 is 0.808 bits per heavy atom. The summed E-state index contributed by atoms with van der Waals surface area (Å²) >= 11 is 0. The lowest BCUT2D eigenvalue weighted by Gasteiger charge is -2.37. The summed E-state index contributed by atoms with van der Waals surface area (Å²) < 4.78 is 53.6. The molecule has 8 heteroatoms. The second-order valence-electron chi connectivity index (χ2n) is 7.93. The quantitative estimate of drug-likeness (QED) is 0.773. The number of rotatable bonds is 2. The van der Waals surface area contributed by atoms with Crippen molar-refractivity contribution >= 4 is 9.84 Å². The molecule has 0 bridgehead atoms. The van der Waals surface area contributed by atoms with Crippen LogP contribution in [0.4, 0.5) is 0 Å². The normalized spacial score (nSPS) is 38.0. The van der Waals surface area contributed by atoms with Gasteiger partial charge in [0.15, 0.2) is 27.7 Å². The molecule has 0 aliphatic carbocycles. The average molecular weight is 384 g/mol.